The summed E-state index contributed by atoms with van der Waals surface area (Å²) in [7, 11) is -3.61. The van der Waals surface area contributed by atoms with E-state index in [1.807, 2.05) is 0 Å². The summed E-state index contributed by atoms with van der Waals surface area (Å²) in [6, 6.07) is 6.88. The molecule has 1 saturated carbocycles. The van der Waals surface area contributed by atoms with Gasteiger partial charge in [-0.05, 0) is 25.0 Å². The van der Waals surface area contributed by atoms with E-state index in [0.717, 1.165) is 25.7 Å². The fourth-order valence-electron chi connectivity index (χ4n) is 3.39. The third-order valence-electron chi connectivity index (χ3n) is 4.62. The molecule has 1 aliphatic carbocycles. The Bertz CT molecular complexity index is 898. The lowest BCUT2D eigenvalue weighted by Crippen LogP contribution is -2.34. The van der Waals surface area contributed by atoms with Gasteiger partial charge in [-0.15, -0.1) is 0 Å². The number of carbonyl (C=O) groups is 1. The number of hydrogen-bond acceptors (Lipinski definition) is 4. The number of amides is 1. The van der Waals surface area contributed by atoms with Gasteiger partial charge in [0.25, 0.3) is 5.91 Å². The Morgan fingerprint density at radius 3 is 2.79 bits per heavy atom. The van der Waals surface area contributed by atoms with E-state index in [1.165, 1.54) is 6.33 Å². The average Bonchev–Trinajstić information content (AvgIpc) is 3.20. The molecule has 0 unspecified atom stereocenters. The first kappa shape index (κ1) is 15.3. The highest BCUT2D eigenvalue weighted by Crippen LogP contribution is 2.26. The van der Waals surface area contributed by atoms with Crippen molar-refractivity contribution in [2.24, 2.45) is 0 Å². The molecule has 7 nitrogen and oxygen atoms in total. The number of aromatic nitrogens is 2. The van der Waals surface area contributed by atoms with Gasteiger partial charge in [-0.3, -0.25) is 9.36 Å². The van der Waals surface area contributed by atoms with E-state index < -0.39 is 10.0 Å². The second-order valence-electron chi connectivity index (χ2n) is 6.16. The highest BCUT2D eigenvalue weighted by molar-refractivity contribution is 7.89. The molecule has 2 aromatic rings. The maximum Gasteiger partial charge on any atom is 0.272 e. The number of sulfonamides is 1. The minimum Gasteiger partial charge on any atom is -0.348 e. The standard InChI is InChI=1S/C16H18N4O3S/c21-16(19-11-5-1-2-6-11)15-13-9-18-24(22,23)14-8-4-3-7-12(14)20(13)10-17-15/h3-4,7-8,10-11,18H,1-2,5-6,9H2,(H,19,21). The van der Waals surface area contributed by atoms with Crippen LogP contribution in [0.2, 0.25) is 0 Å². The van der Waals surface area contributed by atoms with E-state index in [-0.39, 0.29) is 29.1 Å². The summed E-state index contributed by atoms with van der Waals surface area (Å²) in [6.07, 6.45) is 5.73. The molecule has 1 aromatic heterocycles. The number of fused-ring (bicyclic) bond motifs is 3. The van der Waals surface area contributed by atoms with Crippen LogP contribution in [0.4, 0.5) is 0 Å². The summed E-state index contributed by atoms with van der Waals surface area (Å²) in [5, 5.41) is 3.00. The number of nitrogens with zero attached hydrogens (tertiary/aromatic N) is 2. The lowest BCUT2D eigenvalue weighted by Gasteiger charge is -2.12. The molecule has 24 heavy (non-hydrogen) atoms. The lowest BCUT2D eigenvalue weighted by molar-refractivity contribution is 0.0932. The summed E-state index contributed by atoms with van der Waals surface area (Å²) >= 11 is 0. The average molecular weight is 346 g/mol. The Kier molecular flexibility index (Phi) is 3.65. The van der Waals surface area contributed by atoms with Crippen LogP contribution in [0.3, 0.4) is 0 Å². The molecule has 0 saturated heterocycles. The molecule has 0 spiro atoms. The van der Waals surface area contributed by atoms with Gasteiger partial charge in [-0.25, -0.2) is 18.1 Å². The molecule has 2 heterocycles. The Morgan fingerprint density at radius 2 is 2.00 bits per heavy atom. The number of carbonyl (C=O) groups excluding carboxylic acids is 1. The first-order valence-electron chi connectivity index (χ1n) is 8.02. The molecule has 2 N–H and O–H groups in total. The largest absolute Gasteiger partial charge is 0.348 e. The predicted molar refractivity (Wildman–Crippen MR) is 87.3 cm³/mol. The van der Waals surface area contributed by atoms with Crippen molar-refractivity contribution in [2.75, 3.05) is 0 Å². The number of para-hydroxylation sites is 1. The van der Waals surface area contributed by atoms with Crippen molar-refractivity contribution in [3.05, 3.63) is 42.0 Å². The normalized spacial score (nSPS) is 19.3. The van der Waals surface area contributed by atoms with Crippen LogP contribution in [-0.2, 0) is 16.6 Å². The molecule has 0 bridgehead atoms. The Labute approximate surface area is 140 Å². The Balaban J connectivity index is 1.74. The van der Waals surface area contributed by atoms with Crippen LogP contribution in [0.5, 0.6) is 0 Å². The minimum absolute atomic E-state index is 0.0322. The van der Waals surface area contributed by atoms with Gasteiger partial charge in [0.05, 0.1) is 17.9 Å². The van der Waals surface area contributed by atoms with Gasteiger partial charge in [0.1, 0.15) is 11.2 Å². The van der Waals surface area contributed by atoms with Crippen molar-refractivity contribution in [3.8, 4) is 5.69 Å². The smallest absolute Gasteiger partial charge is 0.272 e. The molecular weight excluding hydrogens is 328 g/mol. The quantitative estimate of drug-likeness (QED) is 0.858. The third-order valence-corrected chi connectivity index (χ3v) is 6.06. The van der Waals surface area contributed by atoms with Crippen LogP contribution in [0.15, 0.2) is 35.5 Å². The molecule has 8 heteroatoms. The molecule has 0 radical (unpaired) electrons. The number of nitrogens with one attached hydrogen (secondary N) is 2. The fourth-order valence-corrected chi connectivity index (χ4v) is 4.57. The van der Waals surface area contributed by atoms with Gasteiger partial charge in [0.2, 0.25) is 10.0 Å². The molecule has 126 valence electrons. The van der Waals surface area contributed by atoms with Crippen LogP contribution in [0.25, 0.3) is 5.69 Å². The van der Waals surface area contributed by atoms with Crippen LogP contribution in [0, 0.1) is 0 Å². The summed E-state index contributed by atoms with van der Waals surface area (Å²) < 4.78 is 29.0. The Morgan fingerprint density at radius 1 is 1.25 bits per heavy atom. The van der Waals surface area contributed by atoms with Crippen molar-refractivity contribution < 1.29 is 13.2 Å². The van der Waals surface area contributed by atoms with Crippen LogP contribution in [-0.4, -0.2) is 29.9 Å². The van der Waals surface area contributed by atoms with Gasteiger partial charge in [-0.2, -0.15) is 0 Å². The monoisotopic (exact) mass is 346 g/mol. The highest BCUT2D eigenvalue weighted by atomic mass is 32.2. The first-order chi connectivity index (χ1) is 11.6. The molecular formula is C16H18N4O3S. The second-order valence-corrected chi connectivity index (χ2v) is 7.89. The zero-order valence-corrected chi connectivity index (χ0v) is 13.8. The molecule has 2 aliphatic rings. The van der Waals surface area contributed by atoms with E-state index in [9.17, 15) is 13.2 Å². The van der Waals surface area contributed by atoms with Gasteiger partial charge in [0.15, 0.2) is 5.69 Å². The number of rotatable bonds is 2. The molecule has 1 aliphatic heterocycles. The highest BCUT2D eigenvalue weighted by Gasteiger charge is 2.29. The number of hydrogen-bond donors (Lipinski definition) is 2. The van der Waals surface area contributed by atoms with Gasteiger partial charge in [-0.1, -0.05) is 25.0 Å². The SMILES string of the molecule is O=C(NC1CCCC1)c1ncn2c1CNS(=O)(=O)c1ccccc1-2. The minimum atomic E-state index is -3.61. The number of imidazole rings is 1. The summed E-state index contributed by atoms with van der Waals surface area (Å²) in [5.74, 6) is -0.241. The fraction of sp³-hybridized carbons (Fsp3) is 0.375. The second kappa shape index (κ2) is 5.71. The molecule has 1 fully saturated rings. The summed E-state index contributed by atoms with van der Waals surface area (Å²) in [5.41, 5.74) is 1.34. The molecule has 4 rings (SSSR count). The van der Waals surface area contributed by atoms with Crippen LogP contribution in [0.1, 0.15) is 41.9 Å². The lowest BCUT2D eigenvalue weighted by atomic mass is 10.2. The molecule has 1 aromatic carbocycles. The van der Waals surface area contributed by atoms with E-state index in [2.05, 4.69) is 15.0 Å². The summed E-state index contributed by atoms with van der Waals surface area (Å²) in [6.45, 7) is 0.0322. The Hall–Kier alpha value is -2.19. The van der Waals surface area contributed by atoms with E-state index in [0.29, 0.717) is 11.4 Å². The van der Waals surface area contributed by atoms with Crippen molar-refractivity contribution >= 4 is 15.9 Å². The van der Waals surface area contributed by atoms with Gasteiger partial charge >= 0.3 is 0 Å². The van der Waals surface area contributed by atoms with E-state index in [4.69, 9.17) is 0 Å². The zero-order valence-electron chi connectivity index (χ0n) is 13.0. The maximum atomic E-state index is 12.6. The number of benzene rings is 1. The maximum absolute atomic E-state index is 12.6. The van der Waals surface area contributed by atoms with Crippen molar-refractivity contribution in [2.45, 2.75) is 43.2 Å². The van der Waals surface area contributed by atoms with Crippen molar-refractivity contribution in [1.82, 2.24) is 19.6 Å². The van der Waals surface area contributed by atoms with Crippen LogP contribution < -0.4 is 10.0 Å². The van der Waals surface area contributed by atoms with Crippen molar-refractivity contribution in [1.29, 1.82) is 0 Å². The van der Waals surface area contributed by atoms with Gasteiger partial charge in [0, 0.05) is 6.04 Å². The first-order valence-corrected chi connectivity index (χ1v) is 9.51. The zero-order chi connectivity index (χ0) is 16.7. The van der Waals surface area contributed by atoms with Gasteiger partial charge < -0.3 is 5.32 Å². The molecule has 1 amide bonds. The summed E-state index contributed by atoms with van der Waals surface area (Å²) in [4.78, 5) is 17.0. The topological polar surface area (TPSA) is 93.1 Å². The predicted octanol–water partition coefficient (Wildman–Crippen LogP) is 1.34. The van der Waals surface area contributed by atoms with Crippen molar-refractivity contribution in [3.63, 3.8) is 0 Å². The van der Waals surface area contributed by atoms with E-state index in [1.54, 1.807) is 28.8 Å². The van der Waals surface area contributed by atoms with E-state index >= 15 is 0 Å². The molecule has 0 atom stereocenters. The third kappa shape index (κ3) is 2.51. The van der Waals surface area contributed by atoms with Crippen LogP contribution >= 0.6 is 0 Å².